The van der Waals surface area contributed by atoms with Gasteiger partial charge < -0.3 is 4.52 Å². The van der Waals surface area contributed by atoms with Crippen LogP contribution < -0.4 is 0 Å². The van der Waals surface area contributed by atoms with E-state index in [-0.39, 0.29) is 0 Å². The number of nitrogens with zero attached hydrogens (tertiary/aromatic N) is 1. The monoisotopic (exact) mass is 157 g/mol. The highest BCUT2D eigenvalue weighted by molar-refractivity contribution is 7.56. The average Bonchev–Trinajstić information content (AvgIpc) is 2.08. The molecule has 0 aromatic heterocycles. The van der Waals surface area contributed by atoms with E-state index in [9.17, 15) is 4.57 Å². The maximum atomic E-state index is 11.3. The Labute approximate surface area is 60.2 Å². The van der Waals surface area contributed by atoms with Crippen molar-refractivity contribution in [2.24, 2.45) is 0 Å². The summed E-state index contributed by atoms with van der Waals surface area (Å²) < 4.78 is 17.7. The summed E-state index contributed by atoms with van der Waals surface area (Å²) in [5, 5.41) is 0. The predicted molar refractivity (Wildman–Crippen MR) is 39.3 cm³/mol. The standard InChI is InChI=1S/C6H8NO2P/c1-4-6-5-7(2)10(3,8)9-6/h1,5H,2-3H3. The molecule has 1 atom stereocenters. The molecule has 0 saturated carbocycles. The average molecular weight is 157 g/mol. The van der Waals surface area contributed by atoms with Gasteiger partial charge in [0, 0.05) is 13.7 Å². The lowest BCUT2D eigenvalue weighted by Gasteiger charge is -2.13. The minimum absolute atomic E-state index is 0.341. The summed E-state index contributed by atoms with van der Waals surface area (Å²) >= 11 is 0. The molecule has 10 heavy (non-hydrogen) atoms. The van der Waals surface area contributed by atoms with Crippen LogP contribution in [0.15, 0.2) is 12.0 Å². The quantitative estimate of drug-likeness (QED) is 0.391. The lowest BCUT2D eigenvalue weighted by atomic mass is 10.6. The Morgan fingerprint density at radius 3 is 2.70 bits per heavy atom. The molecule has 0 aliphatic carbocycles. The normalized spacial score (nSPS) is 30.9. The van der Waals surface area contributed by atoms with E-state index < -0.39 is 7.52 Å². The molecule has 1 heterocycles. The molecule has 1 rings (SSSR count). The molecule has 3 nitrogen and oxygen atoms in total. The summed E-state index contributed by atoms with van der Waals surface area (Å²) in [6, 6.07) is 0. The molecule has 0 saturated heterocycles. The summed E-state index contributed by atoms with van der Waals surface area (Å²) in [4.78, 5) is 0. The second-order valence-corrected chi connectivity index (χ2v) is 4.53. The van der Waals surface area contributed by atoms with Crippen LogP contribution in [0.25, 0.3) is 0 Å². The molecule has 0 radical (unpaired) electrons. The van der Waals surface area contributed by atoms with E-state index in [1.165, 1.54) is 11.3 Å². The summed E-state index contributed by atoms with van der Waals surface area (Å²) in [5.41, 5.74) is 0. The van der Waals surface area contributed by atoms with E-state index in [1.807, 2.05) is 0 Å². The molecular formula is C6H8NO2P. The Kier molecular flexibility index (Phi) is 1.50. The van der Waals surface area contributed by atoms with E-state index in [1.54, 1.807) is 13.2 Å². The summed E-state index contributed by atoms with van der Waals surface area (Å²) in [5.74, 6) is 2.62. The van der Waals surface area contributed by atoms with Gasteiger partial charge in [-0.05, 0) is 5.92 Å². The third-order valence-corrected chi connectivity index (χ3v) is 3.08. The van der Waals surface area contributed by atoms with Crippen LogP contribution in [0.1, 0.15) is 0 Å². The highest BCUT2D eigenvalue weighted by atomic mass is 31.2. The topological polar surface area (TPSA) is 29.5 Å². The molecule has 1 aliphatic rings. The molecular weight excluding hydrogens is 149 g/mol. The van der Waals surface area contributed by atoms with Gasteiger partial charge in [-0.1, -0.05) is 0 Å². The van der Waals surface area contributed by atoms with Crippen LogP contribution >= 0.6 is 7.52 Å². The van der Waals surface area contributed by atoms with Crippen LogP contribution in [-0.2, 0) is 9.09 Å². The van der Waals surface area contributed by atoms with Gasteiger partial charge in [-0.2, -0.15) is 0 Å². The number of hydrogen-bond donors (Lipinski definition) is 0. The highest BCUT2D eigenvalue weighted by Gasteiger charge is 2.28. The first-order chi connectivity index (χ1) is 4.56. The van der Waals surface area contributed by atoms with Gasteiger partial charge >= 0.3 is 7.52 Å². The van der Waals surface area contributed by atoms with Crippen LogP contribution in [0.3, 0.4) is 0 Å². The molecule has 0 fully saturated rings. The zero-order valence-corrected chi connectivity index (χ0v) is 6.76. The van der Waals surface area contributed by atoms with Crippen molar-refractivity contribution in [3.8, 4) is 12.3 Å². The first-order valence-electron chi connectivity index (χ1n) is 2.75. The van der Waals surface area contributed by atoms with Crippen molar-refractivity contribution in [2.75, 3.05) is 13.7 Å². The van der Waals surface area contributed by atoms with Gasteiger partial charge in [0.15, 0.2) is 5.76 Å². The molecule has 0 spiro atoms. The third-order valence-electron chi connectivity index (χ3n) is 1.29. The van der Waals surface area contributed by atoms with Crippen LogP contribution in [0.2, 0.25) is 0 Å². The number of terminal acetylenes is 1. The molecule has 0 aromatic rings. The second-order valence-electron chi connectivity index (χ2n) is 2.11. The SMILES string of the molecule is C#CC1=CN(C)P(C)(=O)O1. The van der Waals surface area contributed by atoms with E-state index in [0.717, 1.165) is 0 Å². The van der Waals surface area contributed by atoms with Crippen LogP contribution in [0.5, 0.6) is 0 Å². The van der Waals surface area contributed by atoms with Crippen molar-refractivity contribution >= 4 is 7.52 Å². The Hall–Kier alpha value is -0.870. The highest BCUT2D eigenvalue weighted by Crippen LogP contribution is 2.52. The van der Waals surface area contributed by atoms with Gasteiger partial charge in [0.2, 0.25) is 0 Å². The number of allylic oxidation sites excluding steroid dienone is 1. The van der Waals surface area contributed by atoms with Crippen molar-refractivity contribution in [3.63, 3.8) is 0 Å². The lowest BCUT2D eigenvalue weighted by molar-refractivity contribution is 0.417. The van der Waals surface area contributed by atoms with E-state index in [4.69, 9.17) is 10.9 Å². The maximum Gasteiger partial charge on any atom is 0.340 e. The van der Waals surface area contributed by atoms with Gasteiger partial charge in [0.25, 0.3) is 0 Å². The molecule has 0 N–H and O–H groups in total. The van der Waals surface area contributed by atoms with Crippen molar-refractivity contribution in [2.45, 2.75) is 0 Å². The maximum absolute atomic E-state index is 11.3. The van der Waals surface area contributed by atoms with Gasteiger partial charge in [-0.15, -0.1) is 6.42 Å². The van der Waals surface area contributed by atoms with E-state index in [2.05, 4.69) is 5.92 Å². The van der Waals surface area contributed by atoms with E-state index in [0.29, 0.717) is 5.76 Å². The van der Waals surface area contributed by atoms with E-state index >= 15 is 0 Å². The predicted octanol–water partition coefficient (Wildman–Crippen LogP) is 1.25. The second kappa shape index (κ2) is 2.07. The van der Waals surface area contributed by atoms with Crippen molar-refractivity contribution in [1.82, 2.24) is 4.67 Å². The summed E-state index contributed by atoms with van der Waals surface area (Å²) in [6.45, 7) is 1.52. The number of hydrogen-bond acceptors (Lipinski definition) is 2. The number of rotatable bonds is 0. The summed E-state index contributed by atoms with van der Waals surface area (Å²) in [6.07, 6.45) is 6.58. The largest absolute Gasteiger partial charge is 0.418 e. The zero-order chi connectivity index (χ0) is 7.78. The van der Waals surface area contributed by atoms with Gasteiger partial charge in [0.05, 0.1) is 6.20 Å². The van der Waals surface area contributed by atoms with Crippen molar-refractivity contribution in [3.05, 3.63) is 12.0 Å². The summed E-state index contributed by atoms with van der Waals surface area (Å²) in [7, 11) is -0.937. The Morgan fingerprint density at radius 1 is 1.90 bits per heavy atom. The third kappa shape index (κ3) is 1.03. The fourth-order valence-electron chi connectivity index (χ4n) is 0.609. The van der Waals surface area contributed by atoms with Crippen LogP contribution in [0, 0.1) is 12.3 Å². The smallest absolute Gasteiger partial charge is 0.340 e. The van der Waals surface area contributed by atoms with Crippen LogP contribution in [-0.4, -0.2) is 18.4 Å². The van der Waals surface area contributed by atoms with Gasteiger partial charge in [0.1, 0.15) is 0 Å². The van der Waals surface area contributed by atoms with Crippen LogP contribution in [0.4, 0.5) is 0 Å². The molecule has 0 amide bonds. The first-order valence-corrected chi connectivity index (χ1v) is 4.77. The molecule has 1 unspecified atom stereocenters. The van der Waals surface area contributed by atoms with Gasteiger partial charge in [-0.3, -0.25) is 9.24 Å². The fourth-order valence-corrected chi connectivity index (χ4v) is 1.52. The molecule has 0 bridgehead atoms. The molecule has 4 heteroatoms. The fraction of sp³-hybridized carbons (Fsp3) is 0.333. The molecule has 1 aliphatic heterocycles. The van der Waals surface area contributed by atoms with Crippen molar-refractivity contribution in [1.29, 1.82) is 0 Å². The Balaban J connectivity index is 2.89. The lowest BCUT2D eigenvalue weighted by Crippen LogP contribution is -2.00. The Bertz CT molecular complexity index is 263. The minimum atomic E-state index is -2.61. The Morgan fingerprint density at radius 2 is 2.50 bits per heavy atom. The molecule has 0 aromatic carbocycles. The molecule has 54 valence electrons. The first kappa shape index (κ1) is 7.24. The minimum Gasteiger partial charge on any atom is -0.418 e. The zero-order valence-electron chi connectivity index (χ0n) is 5.87. The van der Waals surface area contributed by atoms with Gasteiger partial charge in [-0.25, -0.2) is 0 Å². The van der Waals surface area contributed by atoms with Crippen molar-refractivity contribution < 1.29 is 9.09 Å².